The van der Waals surface area contributed by atoms with Gasteiger partial charge in [0, 0.05) is 11.8 Å². The Balaban J connectivity index is 2.10. The first kappa shape index (κ1) is 13.3. The fraction of sp³-hybridized carbons (Fsp3) is 0.0625. The Bertz CT molecular complexity index is 790. The third-order valence-electron chi connectivity index (χ3n) is 3.11. The molecule has 2 aromatic carbocycles. The Hall–Kier alpha value is -2.69. The normalized spacial score (nSPS) is 11.0. The van der Waals surface area contributed by atoms with Crippen molar-refractivity contribution in [3.05, 3.63) is 54.7 Å². The van der Waals surface area contributed by atoms with Gasteiger partial charge in [0.2, 0.25) is 5.88 Å². The highest BCUT2D eigenvalue weighted by Gasteiger charge is 2.12. The first-order valence-electron chi connectivity index (χ1n) is 6.26. The molecule has 0 bridgehead atoms. The largest absolute Gasteiger partial charge is 0.508 e. The lowest BCUT2D eigenvalue weighted by Gasteiger charge is -2.10. The molecule has 1 heterocycles. The molecule has 0 unspecified atom stereocenters. The molecule has 5 heteroatoms. The smallest absolute Gasteiger partial charge is 0.388 e. The van der Waals surface area contributed by atoms with Gasteiger partial charge in [-0.1, -0.05) is 18.2 Å². The van der Waals surface area contributed by atoms with E-state index in [1.54, 1.807) is 36.4 Å². The molecular weight excluding hydrogens is 276 g/mol. The number of aromatic nitrogens is 1. The van der Waals surface area contributed by atoms with Crippen LogP contribution in [0.1, 0.15) is 0 Å². The molecule has 106 valence electrons. The number of rotatable bonds is 3. The van der Waals surface area contributed by atoms with Crippen LogP contribution in [0.5, 0.6) is 11.6 Å². The number of aromatic hydroxyl groups is 1. The van der Waals surface area contributed by atoms with Crippen molar-refractivity contribution in [3.8, 4) is 22.8 Å². The summed E-state index contributed by atoms with van der Waals surface area (Å²) in [6.07, 6.45) is 1.40. The number of nitrogens with zero attached hydrogens (tertiary/aromatic N) is 1. The van der Waals surface area contributed by atoms with E-state index in [2.05, 4.69) is 9.72 Å². The summed E-state index contributed by atoms with van der Waals surface area (Å²) in [6.45, 7) is -2.92. The highest BCUT2D eigenvalue weighted by molar-refractivity contribution is 5.88. The molecule has 3 rings (SSSR count). The van der Waals surface area contributed by atoms with Crippen LogP contribution in [-0.4, -0.2) is 16.7 Å². The van der Waals surface area contributed by atoms with E-state index in [0.717, 1.165) is 16.3 Å². The highest BCUT2D eigenvalue weighted by atomic mass is 19.3. The van der Waals surface area contributed by atoms with Crippen LogP contribution in [0.15, 0.2) is 54.7 Å². The fourth-order valence-corrected chi connectivity index (χ4v) is 2.19. The monoisotopic (exact) mass is 287 g/mol. The summed E-state index contributed by atoms with van der Waals surface area (Å²) in [7, 11) is 0. The lowest BCUT2D eigenvalue weighted by molar-refractivity contribution is -0.0524. The molecule has 3 aromatic rings. The molecular formula is C16H11F2NO2. The maximum absolute atomic E-state index is 12.4. The molecule has 0 aliphatic rings. The topological polar surface area (TPSA) is 42.4 Å². The predicted molar refractivity (Wildman–Crippen MR) is 75.5 cm³/mol. The van der Waals surface area contributed by atoms with Gasteiger partial charge in [0.25, 0.3) is 0 Å². The number of phenolic OH excluding ortho intramolecular Hbond substituents is 1. The summed E-state index contributed by atoms with van der Waals surface area (Å²) in [5, 5.41) is 11.2. The Morgan fingerprint density at radius 1 is 1.00 bits per heavy atom. The average molecular weight is 287 g/mol. The maximum atomic E-state index is 12.4. The number of ether oxygens (including phenoxy) is 1. The molecule has 0 aliphatic heterocycles. The number of hydrogen-bond donors (Lipinski definition) is 1. The third kappa shape index (κ3) is 2.76. The van der Waals surface area contributed by atoms with Crippen molar-refractivity contribution >= 4 is 10.8 Å². The summed E-state index contributed by atoms with van der Waals surface area (Å²) in [6, 6.07) is 13.7. The number of halogens is 2. The summed E-state index contributed by atoms with van der Waals surface area (Å²) in [4.78, 5) is 3.85. The summed E-state index contributed by atoms with van der Waals surface area (Å²) in [5.74, 6) is 0.0731. The lowest BCUT2D eigenvalue weighted by Crippen LogP contribution is -2.04. The Kier molecular flexibility index (Phi) is 3.39. The van der Waals surface area contributed by atoms with Crippen LogP contribution in [-0.2, 0) is 0 Å². The number of fused-ring (bicyclic) bond motifs is 1. The van der Waals surface area contributed by atoms with Crippen molar-refractivity contribution in [2.45, 2.75) is 6.61 Å². The van der Waals surface area contributed by atoms with Crippen molar-refractivity contribution in [1.82, 2.24) is 4.98 Å². The van der Waals surface area contributed by atoms with Gasteiger partial charge in [-0.25, -0.2) is 4.98 Å². The van der Waals surface area contributed by atoms with Gasteiger partial charge in [-0.05, 0) is 46.7 Å². The van der Waals surface area contributed by atoms with Crippen LogP contribution in [0.25, 0.3) is 21.9 Å². The van der Waals surface area contributed by atoms with Crippen molar-refractivity contribution in [2.24, 2.45) is 0 Å². The molecule has 0 atom stereocenters. The van der Waals surface area contributed by atoms with Gasteiger partial charge < -0.3 is 9.84 Å². The number of pyridine rings is 1. The van der Waals surface area contributed by atoms with E-state index in [1.807, 2.05) is 12.1 Å². The zero-order chi connectivity index (χ0) is 14.8. The molecule has 0 fully saturated rings. The minimum absolute atomic E-state index is 0.106. The summed E-state index contributed by atoms with van der Waals surface area (Å²) >= 11 is 0. The van der Waals surface area contributed by atoms with Gasteiger partial charge in [0.05, 0.1) is 0 Å². The zero-order valence-corrected chi connectivity index (χ0v) is 10.8. The molecule has 0 amide bonds. The van der Waals surface area contributed by atoms with Crippen molar-refractivity contribution in [3.63, 3.8) is 0 Å². The molecule has 1 aromatic heterocycles. The maximum Gasteiger partial charge on any atom is 0.388 e. The minimum atomic E-state index is -2.92. The number of phenols is 1. The predicted octanol–water partition coefficient (Wildman–Crippen LogP) is 4.21. The molecule has 0 saturated carbocycles. The quantitative estimate of drug-likeness (QED) is 0.784. The molecule has 0 saturated heterocycles. The van der Waals surface area contributed by atoms with Crippen molar-refractivity contribution in [2.75, 3.05) is 0 Å². The molecule has 1 N–H and O–H groups in total. The third-order valence-corrected chi connectivity index (χ3v) is 3.11. The fourth-order valence-electron chi connectivity index (χ4n) is 2.19. The van der Waals surface area contributed by atoms with Crippen LogP contribution in [0.2, 0.25) is 0 Å². The molecule has 0 aliphatic carbocycles. The second-order valence-corrected chi connectivity index (χ2v) is 4.48. The van der Waals surface area contributed by atoms with Crippen LogP contribution in [0.3, 0.4) is 0 Å². The van der Waals surface area contributed by atoms with Crippen molar-refractivity contribution < 1.29 is 18.6 Å². The van der Waals surface area contributed by atoms with Gasteiger partial charge in [-0.2, -0.15) is 8.78 Å². The van der Waals surface area contributed by atoms with Crippen LogP contribution in [0.4, 0.5) is 8.78 Å². The van der Waals surface area contributed by atoms with Crippen LogP contribution >= 0.6 is 0 Å². The summed E-state index contributed by atoms with van der Waals surface area (Å²) in [5.41, 5.74) is 1.21. The van der Waals surface area contributed by atoms with Crippen LogP contribution in [0, 0.1) is 0 Å². The molecule has 0 radical (unpaired) electrons. The van der Waals surface area contributed by atoms with E-state index in [0.29, 0.717) is 5.56 Å². The lowest BCUT2D eigenvalue weighted by atomic mass is 10.0. The van der Waals surface area contributed by atoms with E-state index in [4.69, 9.17) is 0 Å². The highest BCUT2D eigenvalue weighted by Crippen LogP contribution is 2.31. The Morgan fingerprint density at radius 3 is 2.57 bits per heavy atom. The van der Waals surface area contributed by atoms with E-state index < -0.39 is 6.61 Å². The van der Waals surface area contributed by atoms with Crippen molar-refractivity contribution in [1.29, 1.82) is 0 Å². The second kappa shape index (κ2) is 5.36. The van der Waals surface area contributed by atoms with Gasteiger partial charge in [0.1, 0.15) is 5.75 Å². The van der Waals surface area contributed by atoms with E-state index in [1.165, 1.54) is 6.20 Å². The van der Waals surface area contributed by atoms with Gasteiger partial charge >= 0.3 is 6.61 Å². The van der Waals surface area contributed by atoms with E-state index >= 15 is 0 Å². The van der Waals surface area contributed by atoms with Gasteiger partial charge in [-0.15, -0.1) is 0 Å². The number of benzene rings is 2. The molecule has 3 nitrogen and oxygen atoms in total. The average Bonchev–Trinajstić information content (AvgIpc) is 2.47. The standard InChI is InChI=1S/C16H11F2NO2/c17-16(18)21-15-14(2-1-7-19-15)12-4-3-11-9-13(20)6-5-10(11)8-12/h1-9,16,20H. The molecule has 0 spiro atoms. The Morgan fingerprint density at radius 2 is 1.76 bits per heavy atom. The van der Waals surface area contributed by atoms with Gasteiger partial charge in [0.15, 0.2) is 0 Å². The van der Waals surface area contributed by atoms with Crippen LogP contribution < -0.4 is 4.74 Å². The first-order chi connectivity index (χ1) is 10.1. The summed E-state index contributed by atoms with van der Waals surface area (Å²) < 4.78 is 29.3. The van der Waals surface area contributed by atoms with E-state index in [-0.39, 0.29) is 11.6 Å². The first-order valence-corrected chi connectivity index (χ1v) is 6.26. The number of alkyl halides is 2. The van der Waals surface area contributed by atoms with Gasteiger partial charge in [-0.3, -0.25) is 0 Å². The minimum Gasteiger partial charge on any atom is -0.508 e. The number of hydrogen-bond acceptors (Lipinski definition) is 3. The second-order valence-electron chi connectivity index (χ2n) is 4.48. The Labute approximate surface area is 119 Å². The van der Waals surface area contributed by atoms with E-state index in [9.17, 15) is 13.9 Å². The molecule has 21 heavy (non-hydrogen) atoms. The zero-order valence-electron chi connectivity index (χ0n) is 10.8. The SMILES string of the molecule is Oc1ccc2cc(-c3cccnc3OC(F)F)ccc2c1.